The lowest BCUT2D eigenvalue weighted by molar-refractivity contribution is 0.111. The lowest BCUT2D eigenvalue weighted by Gasteiger charge is -2.07. The molecule has 0 saturated carbocycles. The third-order valence-electron chi connectivity index (χ3n) is 1.95. The van der Waals surface area contributed by atoms with E-state index in [9.17, 15) is 4.79 Å². The standard InChI is InChI=1S/C12H15NO2/c1-3-4-5-8-15-12-7-6-10(2)13-11(12)9-14/h3,6-7,9H,1,4-5,8H2,2H3. The normalized spacial score (nSPS) is 9.67. The molecule has 0 aliphatic heterocycles. The second-order valence-corrected chi connectivity index (χ2v) is 3.23. The second-order valence-electron chi connectivity index (χ2n) is 3.23. The predicted octanol–water partition coefficient (Wildman–Crippen LogP) is 2.55. The van der Waals surface area contributed by atoms with Crippen molar-refractivity contribution in [2.45, 2.75) is 19.8 Å². The Labute approximate surface area is 89.8 Å². The highest BCUT2D eigenvalue weighted by molar-refractivity contribution is 5.76. The molecule has 0 spiro atoms. The summed E-state index contributed by atoms with van der Waals surface area (Å²) < 4.78 is 5.44. The van der Waals surface area contributed by atoms with Gasteiger partial charge >= 0.3 is 0 Å². The zero-order chi connectivity index (χ0) is 11.1. The number of unbranched alkanes of at least 4 members (excludes halogenated alkanes) is 1. The molecule has 0 unspecified atom stereocenters. The maximum absolute atomic E-state index is 10.7. The fourth-order valence-corrected chi connectivity index (χ4v) is 1.18. The molecule has 15 heavy (non-hydrogen) atoms. The number of carbonyl (C=O) groups is 1. The summed E-state index contributed by atoms with van der Waals surface area (Å²) >= 11 is 0. The summed E-state index contributed by atoms with van der Waals surface area (Å²) in [5, 5.41) is 0. The first-order valence-electron chi connectivity index (χ1n) is 4.94. The van der Waals surface area contributed by atoms with Crippen LogP contribution >= 0.6 is 0 Å². The largest absolute Gasteiger partial charge is 0.491 e. The Morgan fingerprint density at radius 3 is 3.00 bits per heavy atom. The van der Waals surface area contributed by atoms with Crippen molar-refractivity contribution >= 4 is 6.29 Å². The quantitative estimate of drug-likeness (QED) is 0.407. The van der Waals surface area contributed by atoms with Gasteiger partial charge in [-0.2, -0.15) is 0 Å². The molecule has 0 atom stereocenters. The number of aromatic nitrogens is 1. The first-order valence-corrected chi connectivity index (χ1v) is 4.94. The molecule has 0 radical (unpaired) electrons. The van der Waals surface area contributed by atoms with E-state index >= 15 is 0 Å². The fraction of sp³-hybridized carbons (Fsp3) is 0.333. The van der Waals surface area contributed by atoms with E-state index in [-0.39, 0.29) is 0 Å². The lowest BCUT2D eigenvalue weighted by Crippen LogP contribution is -2.01. The average Bonchev–Trinajstić information content (AvgIpc) is 2.26. The zero-order valence-electron chi connectivity index (χ0n) is 8.90. The van der Waals surface area contributed by atoms with Crippen molar-refractivity contribution in [3.8, 4) is 5.75 Å². The number of aryl methyl sites for hydroxylation is 1. The first-order chi connectivity index (χ1) is 7.27. The Balaban J connectivity index is 2.59. The summed E-state index contributed by atoms with van der Waals surface area (Å²) in [6.45, 7) is 6.05. The molecule has 0 amide bonds. The third kappa shape index (κ3) is 3.54. The number of carbonyl (C=O) groups excluding carboxylic acids is 1. The number of hydrogen-bond acceptors (Lipinski definition) is 3. The SMILES string of the molecule is C=CCCCOc1ccc(C)nc1C=O. The predicted molar refractivity (Wildman–Crippen MR) is 59.3 cm³/mol. The van der Waals surface area contributed by atoms with Crippen LogP contribution in [0.3, 0.4) is 0 Å². The Morgan fingerprint density at radius 1 is 1.53 bits per heavy atom. The fourth-order valence-electron chi connectivity index (χ4n) is 1.18. The van der Waals surface area contributed by atoms with Crippen molar-refractivity contribution < 1.29 is 9.53 Å². The highest BCUT2D eigenvalue weighted by Crippen LogP contribution is 2.15. The van der Waals surface area contributed by atoms with E-state index in [0.29, 0.717) is 18.1 Å². The number of hydrogen-bond donors (Lipinski definition) is 0. The maximum Gasteiger partial charge on any atom is 0.172 e. The highest BCUT2D eigenvalue weighted by atomic mass is 16.5. The third-order valence-corrected chi connectivity index (χ3v) is 1.95. The topological polar surface area (TPSA) is 39.2 Å². The summed E-state index contributed by atoms with van der Waals surface area (Å²) in [5.41, 5.74) is 1.18. The van der Waals surface area contributed by atoms with Gasteiger partial charge in [0.05, 0.1) is 6.61 Å². The van der Waals surface area contributed by atoms with Gasteiger partial charge in [0.15, 0.2) is 6.29 Å². The van der Waals surface area contributed by atoms with E-state index in [2.05, 4.69) is 11.6 Å². The van der Waals surface area contributed by atoms with Crippen LogP contribution in [0.25, 0.3) is 0 Å². The monoisotopic (exact) mass is 205 g/mol. The first kappa shape index (κ1) is 11.4. The second kappa shape index (κ2) is 5.96. The summed E-state index contributed by atoms with van der Waals surface area (Å²) in [6, 6.07) is 3.61. The number of aldehydes is 1. The molecule has 0 bridgehead atoms. The number of pyridine rings is 1. The molecular formula is C12H15NO2. The number of nitrogens with zero attached hydrogens (tertiary/aromatic N) is 1. The van der Waals surface area contributed by atoms with Crippen molar-refractivity contribution in [2.24, 2.45) is 0 Å². The van der Waals surface area contributed by atoms with E-state index in [1.807, 2.05) is 19.1 Å². The Bertz CT molecular complexity index is 347. The molecule has 0 aliphatic carbocycles. The van der Waals surface area contributed by atoms with Crippen LogP contribution in [-0.4, -0.2) is 17.9 Å². The van der Waals surface area contributed by atoms with Crippen LogP contribution in [0.15, 0.2) is 24.8 Å². The van der Waals surface area contributed by atoms with Crippen LogP contribution in [0.5, 0.6) is 5.75 Å². The highest BCUT2D eigenvalue weighted by Gasteiger charge is 2.03. The van der Waals surface area contributed by atoms with Crippen LogP contribution in [0.4, 0.5) is 0 Å². The van der Waals surface area contributed by atoms with Gasteiger partial charge in [0, 0.05) is 5.69 Å². The van der Waals surface area contributed by atoms with Gasteiger partial charge in [-0.3, -0.25) is 4.79 Å². The summed E-state index contributed by atoms with van der Waals surface area (Å²) in [5.74, 6) is 0.555. The molecule has 80 valence electrons. The Morgan fingerprint density at radius 2 is 2.33 bits per heavy atom. The van der Waals surface area contributed by atoms with Gasteiger partial charge < -0.3 is 4.74 Å². The minimum atomic E-state index is 0.369. The van der Waals surface area contributed by atoms with Crippen LogP contribution in [0.1, 0.15) is 29.0 Å². The molecule has 1 aromatic heterocycles. The van der Waals surface area contributed by atoms with E-state index in [1.165, 1.54) is 0 Å². The molecular weight excluding hydrogens is 190 g/mol. The van der Waals surface area contributed by atoms with Gasteiger partial charge in [0.25, 0.3) is 0 Å². The van der Waals surface area contributed by atoms with E-state index < -0.39 is 0 Å². The van der Waals surface area contributed by atoms with Crippen LogP contribution < -0.4 is 4.74 Å². The van der Waals surface area contributed by atoms with Crippen LogP contribution in [-0.2, 0) is 0 Å². The summed E-state index contributed by atoms with van der Waals surface area (Å²) in [7, 11) is 0. The zero-order valence-corrected chi connectivity index (χ0v) is 8.90. The molecule has 3 nitrogen and oxygen atoms in total. The van der Waals surface area contributed by atoms with Crippen molar-refractivity contribution in [3.63, 3.8) is 0 Å². The Hall–Kier alpha value is -1.64. The van der Waals surface area contributed by atoms with Gasteiger partial charge in [-0.15, -0.1) is 6.58 Å². The van der Waals surface area contributed by atoms with Gasteiger partial charge in [-0.1, -0.05) is 6.08 Å². The van der Waals surface area contributed by atoms with Crippen molar-refractivity contribution in [3.05, 3.63) is 36.2 Å². The maximum atomic E-state index is 10.7. The number of allylic oxidation sites excluding steroid dienone is 1. The lowest BCUT2D eigenvalue weighted by atomic mass is 10.3. The van der Waals surface area contributed by atoms with Gasteiger partial charge in [0.1, 0.15) is 11.4 Å². The molecule has 0 N–H and O–H groups in total. The van der Waals surface area contributed by atoms with Gasteiger partial charge in [-0.05, 0) is 31.9 Å². The van der Waals surface area contributed by atoms with Crippen molar-refractivity contribution in [1.82, 2.24) is 4.98 Å². The van der Waals surface area contributed by atoms with Gasteiger partial charge in [0.2, 0.25) is 0 Å². The van der Waals surface area contributed by atoms with Crippen molar-refractivity contribution in [1.29, 1.82) is 0 Å². The van der Waals surface area contributed by atoms with E-state index in [4.69, 9.17) is 4.74 Å². The van der Waals surface area contributed by atoms with Crippen molar-refractivity contribution in [2.75, 3.05) is 6.61 Å². The molecule has 0 saturated heterocycles. The minimum absolute atomic E-state index is 0.369. The van der Waals surface area contributed by atoms with Crippen LogP contribution in [0, 0.1) is 6.92 Å². The molecule has 1 aromatic rings. The molecule has 0 aromatic carbocycles. The van der Waals surface area contributed by atoms with Crippen LogP contribution in [0.2, 0.25) is 0 Å². The smallest absolute Gasteiger partial charge is 0.172 e. The molecule has 1 heterocycles. The molecule has 1 rings (SSSR count). The molecule has 0 aliphatic rings. The molecule has 3 heteroatoms. The summed E-state index contributed by atoms with van der Waals surface area (Å²) in [4.78, 5) is 14.8. The number of rotatable bonds is 6. The minimum Gasteiger partial charge on any atom is -0.491 e. The van der Waals surface area contributed by atoms with E-state index in [1.54, 1.807) is 6.07 Å². The molecule has 0 fully saturated rings. The van der Waals surface area contributed by atoms with E-state index in [0.717, 1.165) is 24.8 Å². The number of ether oxygens (including phenoxy) is 1. The average molecular weight is 205 g/mol. The van der Waals surface area contributed by atoms with Gasteiger partial charge in [-0.25, -0.2) is 4.98 Å². The summed E-state index contributed by atoms with van der Waals surface area (Å²) in [6.07, 6.45) is 4.37. The Kier molecular flexibility index (Phi) is 4.54.